The van der Waals surface area contributed by atoms with Gasteiger partial charge in [-0.15, -0.1) is 11.6 Å². The molecule has 5 heteroatoms. The van der Waals surface area contributed by atoms with Crippen molar-refractivity contribution in [3.8, 4) is 5.75 Å². The molecule has 0 aromatic heterocycles. The lowest BCUT2D eigenvalue weighted by atomic mass is 10.1. The molecule has 4 nitrogen and oxygen atoms in total. The largest absolute Gasteiger partial charge is 0.489 e. The smallest absolute Gasteiger partial charge is 0.272 e. The van der Waals surface area contributed by atoms with Crippen molar-refractivity contribution >= 4 is 17.3 Å². The molecule has 0 aliphatic carbocycles. The zero-order valence-corrected chi connectivity index (χ0v) is 11.8. The quantitative estimate of drug-likeness (QED) is 0.471. The van der Waals surface area contributed by atoms with Gasteiger partial charge >= 0.3 is 0 Å². The molecule has 2 aromatic rings. The van der Waals surface area contributed by atoms with Crippen LogP contribution in [0, 0.1) is 17.0 Å². The lowest BCUT2D eigenvalue weighted by Crippen LogP contribution is -2.01. The third-order valence-corrected chi connectivity index (χ3v) is 3.39. The number of hydrogen-bond acceptors (Lipinski definition) is 3. The lowest BCUT2D eigenvalue weighted by Gasteiger charge is -2.09. The number of nitro benzene ring substituents is 1. The standard InChI is InChI=1S/C15H14ClNO3/c1-11-13(3-2-4-15(11)17(18)19)10-20-14-7-5-12(9-16)6-8-14/h2-8H,9-10H2,1H3. The second-order valence-electron chi connectivity index (χ2n) is 4.38. The highest BCUT2D eigenvalue weighted by atomic mass is 35.5. The topological polar surface area (TPSA) is 52.4 Å². The van der Waals surface area contributed by atoms with Crippen molar-refractivity contribution in [3.63, 3.8) is 0 Å². The maximum atomic E-state index is 10.9. The van der Waals surface area contributed by atoms with Gasteiger partial charge in [-0.1, -0.05) is 24.3 Å². The summed E-state index contributed by atoms with van der Waals surface area (Å²) in [6.45, 7) is 2.03. The normalized spacial score (nSPS) is 10.3. The van der Waals surface area contributed by atoms with Gasteiger partial charge in [0.1, 0.15) is 12.4 Å². The summed E-state index contributed by atoms with van der Waals surface area (Å²) in [4.78, 5) is 10.5. The molecule has 0 radical (unpaired) electrons. The van der Waals surface area contributed by atoms with Crippen molar-refractivity contribution in [2.75, 3.05) is 0 Å². The maximum absolute atomic E-state index is 10.9. The summed E-state index contributed by atoms with van der Waals surface area (Å²) >= 11 is 5.72. The predicted octanol–water partition coefficient (Wildman–Crippen LogP) is 4.22. The Balaban J connectivity index is 2.10. The van der Waals surface area contributed by atoms with Gasteiger partial charge in [-0.05, 0) is 30.2 Å². The molecule has 0 aliphatic rings. The molecule has 20 heavy (non-hydrogen) atoms. The monoisotopic (exact) mass is 291 g/mol. The van der Waals surface area contributed by atoms with Crippen LogP contribution < -0.4 is 4.74 Å². The van der Waals surface area contributed by atoms with Crippen LogP contribution in [-0.4, -0.2) is 4.92 Å². The van der Waals surface area contributed by atoms with E-state index in [0.29, 0.717) is 23.8 Å². The molecule has 0 N–H and O–H groups in total. The van der Waals surface area contributed by atoms with E-state index in [1.807, 2.05) is 30.3 Å². The number of nitrogens with zero attached hydrogens (tertiary/aromatic N) is 1. The number of ether oxygens (including phenoxy) is 1. The van der Waals surface area contributed by atoms with Gasteiger partial charge in [0, 0.05) is 17.5 Å². The Hall–Kier alpha value is -2.07. The molecule has 2 aromatic carbocycles. The highest BCUT2D eigenvalue weighted by Crippen LogP contribution is 2.22. The molecule has 0 heterocycles. The molecule has 0 saturated carbocycles. The minimum atomic E-state index is -0.381. The van der Waals surface area contributed by atoms with Gasteiger partial charge in [-0.25, -0.2) is 0 Å². The molecule has 0 fully saturated rings. The van der Waals surface area contributed by atoms with Gasteiger partial charge in [0.25, 0.3) is 5.69 Å². The van der Waals surface area contributed by atoms with Gasteiger partial charge in [-0.3, -0.25) is 10.1 Å². The molecular formula is C15H14ClNO3. The summed E-state index contributed by atoms with van der Waals surface area (Å²) in [5.74, 6) is 1.18. The summed E-state index contributed by atoms with van der Waals surface area (Å²) in [5.41, 5.74) is 2.57. The fourth-order valence-electron chi connectivity index (χ4n) is 1.86. The van der Waals surface area contributed by atoms with Gasteiger partial charge < -0.3 is 4.74 Å². The fraction of sp³-hybridized carbons (Fsp3) is 0.200. The third-order valence-electron chi connectivity index (χ3n) is 3.09. The van der Waals surface area contributed by atoms with Crippen LogP contribution in [0.4, 0.5) is 5.69 Å². The number of halogens is 1. The average molecular weight is 292 g/mol. The Morgan fingerprint density at radius 3 is 2.50 bits per heavy atom. The number of alkyl halides is 1. The highest BCUT2D eigenvalue weighted by molar-refractivity contribution is 6.17. The van der Waals surface area contributed by atoms with Crippen LogP contribution >= 0.6 is 11.6 Å². The molecule has 0 unspecified atom stereocenters. The van der Waals surface area contributed by atoms with E-state index in [-0.39, 0.29) is 10.6 Å². The van der Waals surface area contributed by atoms with Gasteiger partial charge in [-0.2, -0.15) is 0 Å². The van der Waals surface area contributed by atoms with Crippen molar-refractivity contribution < 1.29 is 9.66 Å². The summed E-state index contributed by atoms with van der Waals surface area (Å²) in [5, 5.41) is 10.9. The van der Waals surface area contributed by atoms with Crippen molar-refractivity contribution in [1.82, 2.24) is 0 Å². The van der Waals surface area contributed by atoms with E-state index in [1.54, 1.807) is 13.0 Å². The summed E-state index contributed by atoms with van der Waals surface area (Å²) < 4.78 is 5.64. The Morgan fingerprint density at radius 2 is 1.90 bits per heavy atom. The van der Waals surface area contributed by atoms with Crippen LogP contribution in [0.25, 0.3) is 0 Å². The molecule has 0 spiro atoms. The predicted molar refractivity (Wildman–Crippen MR) is 78.2 cm³/mol. The van der Waals surface area contributed by atoms with E-state index in [1.165, 1.54) is 6.07 Å². The van der Waals surface area contributed by atoms with Crippen LogP contribution in [0.3, 0.4) is 0 Å². The van der Waals surface area contributed by atoms with Crippen molar-refractivity contribution in [3.05, 3.63) is 69.3 Å². The first-order chi connectivity index (χ1) is 9.61. The van der Waals surface area contributed by atoms with Crippen molar-refractivity contribution in [2.24, 2.45) is 0 Å². The third kappa shape index (κ3) is 3.27. The highest BCUT2D eigenvalue weighted by Gasteiger charge is 2.13. The first-order valence-corrected chi connectivity index (χ1v) is 6.66. The van der Waals surface area contributed by atoms with E-state index in [9.17, 15) is 10.1 Å². The molecule has 104 valence electrons. The zero-order valence-electron chi connectivity index (χ0n) is 11.0. The van der Waals surface area contributed by atoms with Crippen LogP contribution in [0.15, 0.2) is 42.5 Å². The second-order valence-corrected chi connectivity index (χ2v) is 4.65. The van der Waals surface area contributed by atoms with Crippen molar-refractivity contribution in [2.45, 2.75) is 19.4 Å². The Bertz CT molecular complexity index is 611. The molecule has 2 rings (SSSR count). The molecule has 0 bridgehead atoms. The van der Waals surface area contributed by atoms with E-state index < -0.39 is 0 Å². The minimum Gasteiger partial charge on any atom is -0.489 e. The van der Waals surface area contributed by atoms with E-state index in [4.69, 9.17) is 16.3 Å². The summed E-state index contributed by atoms with van der Waals surface area (Å²) in [6.07, 6.45) is 0. The summed E-state index contributed by atoms with van der Waals surface area (Å²) in [6, 6.07) is 12.4. The number of nitro groups is 1. The SMILES string of the molecule is Cc1c(COc2ccc(CCl)cc2)cccc1[N+](=O)[O-]. The van der Waals surface area contributed by atoms with E-state index in [0.717, 1.165) is 11.1 Å². The van der Waals surface area contributed by atoms with Crippen LogP contribution in [0.1, 0.15) is 16.7 Å². The molecule has 0 atom stereocenters. The average Bonchev–Trinajstić information content (AvgIpc) is 2.46. The minimum absolute atomic E-state index is 0.114. The van der Waals surface area contributed by atoms with E-state index in [2.05, 4.69) is 0 Å². The Kier molecular flexibility index (Phi) is 4.58. The Labute approximate surface area is 122 Å². The maximum Gasteiger partial charge on any atom is 0.272 e. The number of hydrogen-bond donors (Lipinski definition) is 0. The number of benzene rings is 2. The fourth-order valence-corrected chi connectivity index (χ4v) is 2.04. The number of rotatable bonds is 5. The second kappa shape index (κ2) is 6.39. The zero-order chi connectivity index (χ0) is 14.5. The van der Waals surface area contributed by atoms with Gasteiger partial charge in [0.05, 0.1) is 4.92 Å². The first kappa shape index (κ1) is 14.3. The summed E-state index contributed by atoms with van der Waals surface area (Å²) in [7, 11) is 0. The van der Waals surface area contributed by atoms with Crippen molar-refractivity contribution in [1.29, 1.82) is 0 Å². The Morgan fingerprint density at radius 1 is 1.20 bits per heavy atom. The lowest BCUT2D eigenvalue weighted by molar-refractivity contribution is -0.385. The van der Waals surface area contributed by atoms with Crippen LogP contribution in [0.2, 0.25) is 0 Å². The first-order valence-electron chi connectivity index (χ1n) is 6.12. The van der Waals surface area contributed by atoms with Crippen LogP contribution in [-0.2, 0) is 12.5 Å². The molecular weight excluding hydrogens is 278 g/mol. The van der Waals surface area contributed by atoms with Gasteiger partial charge in [0.2, 0.25) is 0 Å². The molecule has 0 saturated heterocycles. The molecule has 0 aliphatic heterocycles. The van der Waals surface area contributed by atoms with Gasteiger partial charge in [0.15, 0.2) is 0 Å². The van der Waals surface area contributed by atoms with E-state index >= 15 is 0 Å². The molecule has 0 amide bonds. The van der Waals surface area contributed by atoms with Crippen LogP contribution in [0.5, 0.6) is 5.75 Å².